The van der Waals surface area contributed by atoms with E-state index in [0.29, 0.717) is 18.8 Å². The number of nitrogens with one attached hydrogen (secondary N) is 1. The molecule has 0 heterocycles. The van der Waals surface area contributed by atoms with Gasteiger partial charge in [-0.25, -0.2) is 0 Å². The third kappa shape index (κ3) is 4.20. The molecule has 0 radical (unpaired) electrons. The lowest BCUT2D eigenvalue weighted by Crippen LogP contribution is -2.62. The highest BCUT2D eigenvalue weighted by Crippen LogP contribution is 2.68. The van der Waals surface area contributed by atoms with Gasteiger partial charge in [0.25, 0.3) is 0 Å². The Kier molecular flexibility index (Phi) is 7.13. The van der Waals surface area contributed by atoms with Crippen molar-refractivity contribution in [3.63, 3.8) is 0 Å². The molecule has 0 aromatic heterocycles. The van der Waals surface area contributed by atoms with Gasteiger partial charge in [0.1, 0.15) is 6.54 Å². The predicted molar refractivity (Wildman–Crippen MR) is 128 cm³/mol. The molecule has 7 nitrogen and oxygen atoms in total. The quantitative estimate of drug-likeness (QED) is 0.399. The van der Waals surface area contributed by atoms with E-state index in [2.05, 4.69) is 26.1 Å². The highest BCUT2D eigenvalue weighted by atomic mass is 16.4. The molecule has 0 aromatic carbocycles. The van der Waals surface area contributed by atoms with E-state index in [1.165, 1.54) is 0 Å². The summed E-state index contributed by atoms with van der Waals surface area (Å²) in [7, 11) is 0. The molecule has 0 aromatic rings. The van der Waals surface area contributed by atoms with Crippen molar-refractivity contribution in [3.8, 4) is 0 Å². The Morgan fingerprint density at radius 3 is 2.38 bits per heavy atom. The number of hydrogen-bond acceptors (Lipinski definition) is 5. The summed E-state index contributed by atoms with van der Waals surface area (Å²) in [4.78, 5) is 23.2. The number of hydrogen-bond donors (Lipinski definition) is 5. The average Bonchev–Trinajstić information content (AvgIpc) is 3.12. The summed E-state index contributed by atoms with van der Waals surface area (Å²) < 4.78 is 0. The fourth-order valence-electron chi connectivity index (χ4n) is 9.30. The molecule has 4 aliphatic rings. The second kappa shape index (κ2) is 9.36. The summed E-state index contributed by atoms with van der Waals surface area (Å²) >= 11 is 0. The molecule has 12 atom stereocenters. The smallest absolute Gasteiger partial charge is 0.322 e. The van der Waals surface area contributed by atoms with Crippen LogP contribution in [0.3, 0.4) is 0 Å². The van der Waals surface area contributed by atoms with Gasteiger partial charge < -0.3 is 25.7 Å². The van der Waals surface area contributed by atoms with Crippen LogP contribution in [0.15, 0.2) is 0 Å². The molecule has 4 unspecified atom stereocenters. The summed E-state index contributed by atoms with van der Waals surface area (Å²) in [5.41, 5.74) is -0.234. The molecular weight excluding hydrogens is 434 g/mol. The van der Waals surface area contributed by atoms with Crippen molar-refractivity contribution in [2.45, 2.75) is 97.4 Å². The van der Waals surface area contributed by atoms with Crippen molar-refractivity contribution in [2.24, 2.45) is 52.3 Å². The molecule has 7 heteroatoms. The minimum absolute atomic E-state index is 0.0614. The number of aliphatic carboxylic acids is 1. The summed E-state index contributed by atoms with van der Waals surface area (Å²) in [6, 6.07) is 0. The van der Waals surface area contributed by atoms with Gasteiger partial charge in [0.15, 0.2) is 0 Å². The zero-order valence-electron chi connectivity index (χ0n) is 21.2. The van der Waals surface area contributed by atoms with Gasteiger partial charge in [0.2, 0.25) is 5.91 Å². The zero-order chi connectivity index (χ0) is 25.0. The number of carboxylic acid groups (broad SMARTS) is 1. The minimum atomic E-state index is -1.05. The Morgan fingerprint density at radius 2 is 1.71 bits per heavy atom. The maximum absolute atomic E-state index is 12.4. The van der Waals surface area contributed by atoms with Gasteiger partial charge in [0, 0.05) is 5.92 Å². The maximum atomic E-state index is 12.4. The Labute approximate surface area is 203 Å². The lowest BCUT2D eigenvalue weighted by molar-refractivity contribution is -0.207. The van der Waals surface area contributed by atoms with Gasteiger partial charge in [-0.3, -0.25) is 9.59 Å². The van der Waals surface area contributed by atoms with Gasteiger partial charge in [-0.1, -0.05) is 27.7 Å². The second-order valence-electron chi connectivity index (χ2n) is 12.8. The SMILES string of the molecule is C[C@H](C[C@H](C)C(=O)NCC(=O)O)[C@H]1CCC2C3C(C[C@H](O)[C@@]21C)[C@@]1(C)CC[C@@H](O)CC1C[C@@H]3O. The first kappa shape index (κ1) is 25.9. The molecule has 4 aliphatic carbocycles. The van der Waals surface area contributed by atoms with Crippen molar-refractivity contribution in [2.75, 3.05) is 6.54 Å². The van der Waals surface area contributed by atoms with Crippen molar-refractivity contribution < 1.29 is 30.0 Å². The van der Waals surface area contributed by atoms with Crippen LogP contribution in [0.5, 0.6) is 0 Å². The molecular formula is C27H45NO6. The molecule has 0 spiro atoms. The van der Waals surface area contributed by atoms with E-state index in [1.54, 1.807) is 0 Å². The van der Waals surface area contributed by atoms with Crippen LogP contribution in [0.25, 0.3) is 0 Å². The molecule has 1 amide bonds. The first-order valence-corrected chi connectivity index (χ1v) is 13.4. The number of carbonyl (C=O) groups is 2. The lowest BCUT2D eigenvalue weighted by Gasteiger charge is -2.63. The molecule has 5 N–H and O–H groups in total. The normalized spacial score (nSPS) is 47.6. The van der Waals surface area contributed by atoms with Gasteiger partial charge in [-0.2, -0.15) is 0 Å². The number of fused-ring (bicyclic) bond motifs is 5. The number of rotatable bonds is 6. The molecule has 0 aliphatic heterocycles. The standard InChI is InChI=1S/C27H45NO6/c1-14(9-15(2)25(34)28-13-23(32)33)18-5-6-19-24-20(12-22(31)27(18,19)4)26(3)8-7-17(29)10-16(26)11-21(24)30/h14-22,24,29-31H,5-13H2,1-4H3,(H,28,34)(H,32,33)/t14-,15+,16?,17-,18-,19?,20?,21+,22+,24?,26+,27-/m1/s1. The van der Waals surface area contributed by atoms with Gasteiger partial charge in [0.05, 0.1) is 18.3 Å². The molecule has 0 bridgehead atoms. The van der Waals surface area contributed by atoms with Crippen LogP contribution in [0.1, 0.15) is 79.1 Å². The van der Waals surface area contributed by atoms with Crippen LogP contribution in [0, 0.1) is 52.3 Å². The van der Waals surface area contributed by atoms with Crippen LogP contribution >= 0.6 is 0 Å². The number of carboxylic acids is 1. The van der Waals surface area contributed by atoms with Crippen molar-refractivity contribution in [1.29, 1.82) is 0 Å². The summed E-state index contributed by atoms with van der Waals surface area (Å²) in [5, 5.41) is 44.6. The zero-order valence-corrected chi connectivity index (χ0v) is 21.2. The van der Waals surface area contributed by atoms with E-state index in [0.717, 1.165) is 38.5 Å². The first-order valence-electron chi connectivity index (χ1n) is 13.4. The monoisotopic (exact) mass is 479 g/mol. The second-order valence-corrected chi connectivity index (χ2v) is 12.8. The molecule has 4 rings (SSSR count). The maximum Gasteiger partial charge on any atom is 0.322 e. The minimum Gasteiger partial charge on any atom is -0.480 e. The molecule has 194 valence electrons. The molecule has 34 heavy (non-hydrogen) atoms. The van der Waals surface area contributed by atoms with E-state index >= 15 is 0 Å². The van der Waals surface area contributed by atoms with Crippen LogP contribution in [0.2, 0.25) is 0 Å². The Bertz CT molecular complexity index is 789. The van der Waals surface area contributed by atoms with Crippen LogP contribution < -0.4 is 5.32 Å². The van der Waals surface area contributed by atoms with Crippen molar-refractivity contribution in [1.82, 2.24) is 5.32 Å². The molecule has 4 saturated carbocycles. The third-order valence-electron chi connectivity index (χ3n) is 11.1. The number of carbonyl (C=O) groups excluding carboxylic acids is 1. The summed E-state index contributed by atoms with van der Waals surface area (Å²) in [5.74, 6) is -0.0907. The summed E-state index contributed by atoms with van der Waals surface area (Å²) in [6.07, 6.45) is 5.51. The molecule has 4 fully saturated rings. The predicted octanol–water partition coefficient (Wildman–Crippen LogP) is 2.81. The van der Waals surface area contributed by atoms with E-state index in [4.69, 9.17) is 5.11 Å². The Morgan fingerprint density at radius 1 is 1.00 bits per heavy atom. The van der Waals surface area contributed by atoms with E-state index in [9.17, 15) is 24.9 Å². The number of aliphatic hydroxyl groups excluding tert-OH is 3. The topological polar surface area (TPSA) is 127 Å². The highest BCUT2D eigenvalue weighted by molar-refractivity contribution is 5.82. The van der Waals surface area contributed by atoms with Gasteiger partial charge in [-0.15, -0.1) is 0 Å². The van der Waals surface area contributed by atoms with Crippen LogP contribution in [-0.2, 0) is 9.59 Å². The van der Waals surface area contributed by atoms with E-state index in [1.807, 2.05) is 6.92 Å². The van der Waals surface area contributed by atoms with Crippen LogP contribution in [-0.4, -0.2) is 57.2 Å². The van der Waals surface area contributed by atoms with Gasteiger partial charge in [-0.05, 0) is 97.7 Å². The fraction of sp³-hybridized carbons (Fsp3) is 0.926. The van der Waals surface area contributed by atoms with Crippen LogP contribution in [0.4, 0.5) is 0 Å². The van der Waals surface area contributed by atoms with E-state index in [-0.39, 0.29) is 71.0 Å². The fourth-order valence-corrected chi connectivity index (χ4v) is 9.30. The largest absolute Gasteiger partial charge is 0.480 e. The van der Waals surface area contributed by atoms with E-state index < -0.39 is 12.1 Å². The number of aliphatic hydroxyl groups is 3. The summed E-state index contributed by atoms with van der Waals surface area (Å²) in [6.45, 7) is 8.20. The highest BCUT2D eigenvalue weighted by Gasteiger charge is 2.65. The van der Waals surface area contributed by atoms with Crippen molar-refractivity contribution in [3.05, 3.63) is 0 Å². The average molecular weight is 480 g/mol. The lowest BCUT2D eigenvalue weighted by atomic mass is 9.43. The number of amides is 1. The van der Waals surface area contributed by atoms with Gasteiger partial charge >= 0.3 is 5.97 Å². The first-order chi connectivity index (χ1) is 15.9. The third-order valence-corrected chi connectivity index (χ3v) is 11.1. The Balaban J connectivity index is 1.51. The Hall–Kier alpha value is -1.18. The molecule has 0 saturated heterocycles. The van der Waals surface area contributed by atoms with Crippen molar-refractivity contribution >= 4 is 11.9 Å².